The van der Waals surface area contributed by atoms with Crippen LogP contribution < -0.4 is 0 Å². The molecular weight excluding hydrogens is 568 g/mol. The Bertz CT molecular complexity index is 1330. The Morgan fingerprint density at radius 3 is 1.93 bits per heavy atom. The molecule has 1 aromatic carbocycles. The van der Waals surface area contributed by atoms with E-state index in [-0.39, 0.29) is 5.56 Å². The largest absolute Gasteiger partial charge is 0.465 e. The molecule has 1 aliphatic heterocycles. The Morgan fingerprint density at radius 1 is 0.837 bits per heavy atom. The first-order valence-corrected chi connectivity index (χ1v) is 13.8. The Labute approximate surface area is 248 Å². The van der Waals surface area contributed by atoms with Crippen molar-refractivity contribution in [3.63, 3.8) is 0 Å². The van der Waals surface area contributed by atoms with E-state index in [1.54, 1.807) is 18.2 Å². The second-order valence-corrected chi connectivity index (χ2v) is 12.0. The summed E-state index contributed by atoms with van der Waals surface area (Å²) >= 11 is 0. The van der Waals surface area contributed by atoms with E-state index in [4.69, 9.17) is 28.4 Å². The predicted octanol–water partition coefficient (Wildman–Crippen LogP) is 1.46. The van der Waals surface area contributed by atoms with Crippen LogP contribution in [-0.2, 0) is 52.4 Å². The van der Waals surface area contributed by atoms with Gasteiger partial charge in [-0.3, -0.25) is 24.0 Å². The number of fused-ring (bicyclic) bond motifs is 1. The molecular formula is C30H36O13. The lowest BCUT2D eigenvalue weighted by Crippen LogP contribution is -2.85. The SMILES string of the molecule is CC(=O)OC[C@]12[C@H](OC(=O)c3ccccc3)C(=O)[C@@H]3[C@@H](OC(C)=O)[C@]1(OC3(C)C)[C@@](C)(O)C[C@H](OC(C)=O)[C@@H]2OC(C)=O. The molecule has 13 heteroatoms. The van der Waals surface area contributed by atoms with E-state index in [0.29, 0.717) is 0 Å². The summed E-state index contributed by atoms with van der Waals surface area (Å²) in [6.45, 7) is 7.88. The molecule has 0 amide bonds. The minimum atomic E-state index is -2.31. The number of rotatable bonds is 7. The number of Topliss-reactive ketones (excluding diaryl/α,β-unsaturated/α-hetero) is 1. The number of carbonyl (C=O) groups is 6. The van der Waals surface area contributed by atoms with Crippen molar-refractivity contribution in [1.82, 2.24) is 0 Å². The molecule has 2 saturated carbocycles. The molecule has 3 fully saturated rings. The van der Waals surface area contributed by atoms with Gasteiger partial charge >= 0.3 is 29.8 Å². The number of ether oxygens (including phenoxy) is 6. The highest BCUT2D eigenvalue weighted by atomic mass is 16.6. The minimum Gasteiger partial charge on any atom is -0.465 e. The van der Waals surface area contributed by atoms with Gasteiger partial charge in [-0.2, -0.15) is 0 Å². The van der Waals surface area contributed by atoms with E-state index < -0.39 is 101 Å². The van der Waals surface area contributed by atoms with Gasteiger partial charge in [0.1, 0.15) is 24.2 Å². The zero-order valence-electron chi connectivity index (χ0n) is 25.0. The first-order chi connectivity index (χ1) is 19.9. The van der Waals surface area contributed by atoms with Crippen LogP contribution in [0.3, 0.4) is 0 Å². The van der Waals surface area contributed by atoms with Crippen molar-refractivity contribution >= 4 is 35.6 Å². The lowest BCUT2D eigenvalue weighted by Gasteiger charge is -2.65. The molecule has 43 heavy (non-hydrogen) atoms. The monoisotopic (exact) mass is 604 g/mol. The van der Waals surface area contributed by atoms with Gasteiger partial charge in [0, 0.05) is 34.1 Å². The van der Waals surface area contributed by atoms with Gasteiger partial charge in [-0.25, -0.2) is 4.79 Å². The van der Waals surface area contributed by atoms with Crippen LogP contribution in [0.15, 0.2) is 30.3 Å². The summed E-state index contributed by atoms with van der Waals surface area (Å²) in [6.07, 6.45) is -7.06. The Balaban J connectivity index is 2.11. The summed E-state index contributed by atoms with van der Waals surface area (Å²) in [7, 11) is 0. The molecule has 2 bridgehead atoms. The van der Waals surface area contributed by atoms with Crippen LogP contribution in [0.5, 0.6) is 0 Å². The number of carbonyl (C=O) groups excluding carboxylic acids is 6. The van der Waals surface area contributed by atoms with Crippen molar-refractivity contribution in [3.05, 3.63) is 35.9 Å². The van der Waals surface area contributed by atoms with Gasteiger partial charge in [0.15, 0.2) is 23.6 Å². The van der Waals surface area contributed by atoms with Crippen LogP contribution in [0.2, 0.25) is 0 Å². The lowest BCUT2D eigenvalue weighted by molar-refractivity contribution is -0.350. The fourth-order valence-electron chi connectivity index (χ4n) is 7.26. The fraction of sp³-hybridized carbons (Fsp3) is 0.600. The average Bonchev–Trinajstić information content (AvgIpc) is 3.09. The third kappa shape index (κ3) is 5.07. The van der Waals surface area contributed by atoms with Gasteiger partial charge in [0.2, 0.25) is 0 Å². The fourth-order valence-corrected chi connectivity index (χ4v) is 7.26. The molecule has 1 saturated heterocycles. The second kappa shape index (κ2) is 11.0. The van der Waals surface area contributed by atoms with Gasteiger partial charge in [-0.05, 0) is 32.9 Å². The van der Waals surface area contributed by atoms with Crippen LogP contribution in [-0.4, -0.2) is 88.6 Å². The molecule has 234 valence electrons. The third-order valence-corrected chi connectivity index (χ3v) is 8.50. The molecule has 1 spiro atoms. The zero-order valence-corrected chi connectivity index (χ0v) is 25.0. The summed E-state index contributed by atoms with van der Waals surface area (Å²) in [4.78, 5) is 77.9. The Kier molecular flexibility index (Phi) is 8.22. The first kappa shape index (κ1) is 32.1. The highest BCUT2D eigenvalue weighted by Gasteiger charge is 2.88. The summed E-state index contributed by atoms with van der Waals surface area (Å²) < 4.78 is 35.1. The normalized spacial score (nSPS) is 35.6. The van der Waals surface area contributed by atoms with Crippen LogP contribution in [0.1, 0.15) is 65.2 Å². The van der Waals surface area contributed by atoms with E-state index >= 15 is 0 Å². The van der Waals surface area contributed by atoms with Crippen molar-refractivity contribution in [2.75, 3.05) is 6.61 Å². The highest BCUT2D eigenvalue weighted by Crippen LogP contribution is 2.68. The third-order valence-electron chi connectivity index (χ3n) is 8.50. The van der Waals surface area contributed by atoms with Gasteiger partial charge in [-0.1, -0.05) is 18.2 Å². The van der Waals surface area contributed by atoms with Gasteiger partial charge in [0.25, 0.3) is 0 Å². The number of esters is 5. The van der Waals surface area contributed by atoms with Crippen LogP contribution in [0.25, 0.3) is 0 Å². The Hall–Kier alpha value is -3.84. The van der Waals surface area contributed by atoms with Crippen molar-refractivity contribution in [2.45, 2.75) is 96.1 Å². The minimum absolute atomic E-state index is 0.0600. The summed E-state index contributed by atoms with van der Waals surface area (Å²) in [5, 5.41) is 12.3. The second-order valence-electron chi connectivity index (χ2n) is 12.0. The number of hydrogen-bond donors (Lipinski definition) is 1. The van der Waals surface area contributed by atoms with Gasteiger partial charge in [0.05, 0.1) is 22.7 Å². The summed E-state index contributed by atoms with van der Waals surface area (Å²) in [5.74, 6) is -6.46. The average molecular weight is 605 g/mol. The number of aliphatic hydroxyl groups is 1. The quantitative estimate of drug-likeness (QED) is 0.350. The molecule has 0 unspecified atom stereocenters. The number of benzene rings is 1. The van der Waals surface area contributed by atoms with Crippen LogP contribution in [0, 0.1) is 11.3 Å². The van der Waals surface area contributed by atoms with Crippen molar-refractivity contribution in [1.29, 1.82) is 0 Å². The molecule has 0 aromatic heterocycles. The van der Waals surface area contributed by atoms with E-state index in [2.05, 4.69) is 0 Å². The molecule has 1 N–H and O–H groups in total. The maximum Gasteiger partial charge on any atom is 0.338 e. The van der Waals surface area contributed by atoms with E-state index in [9.17, 15) is 33.9 Å². The maximum atomic E-state index is 14.6. The topological polar surface area (TPSA) is 178 Å². The summed E-state index contributed by atoms with van der Waals surface area (Å²) in [6, 6.07) is 7.71. The predicted molar refractivity (Wildman–Crippen MR) is 143 cm³/mol. The number of ketones is 1. The molecule has 4 rings (SSSR count). The zero-order chi connectivity index (χ0) is 32.1. The van der Waals surface area contributed by atoms with Gasteiger partial charge in [-0.15, -0.1) is 0 Å². The first-order valence-electron chi connectivity index (χ1n) is 13.8. The summed E-state index contributed by atoms with van der Waals surface area (Å²) in [5.41, 5.74) is -8.08. The van der Waals surface area contributed by atoms with Crippen LogP contribution >= 0.6 is 0 Å². The Morgan fingerprint density at radius 2 is 1.40 bits per heavy atom. The maximum absolute atomic E-state index is 14.6. The molecule has 1 aromatic rings. The highest BCUT2D eigenvalue weighted by molar-refractivity contribution is 5.96. The molecule has 8 atom stereocenters. The lowest BCUT2D eigenvalue weighted by atomic mass is 9.46. The number of hydrogen-bond acceptors (Lipinski definition) is 13. The standard InChI is InChI=1S/C30H36O13/c1-15(31)38-14-29-23(40-17(3)33)20(39-16(2)32)13-28(7,37)30(29)24(41-18(4)34)21(27(5,6)43-30)22(35)25(29)42-26(36)19-11-9-8-10-12-19/h8-12,20-21,23-25,37H,13-14H2,1-7H3/t20-,21+,23-,24+,25+,28-,29-,30-/m0/s1. The van der Waals surface area contributed by atoms with Crippen molar-refractivity contribution in [2.24, 2.45) is 11.3 Å². The molecule has 0 radical (unpaired) electrons. The molecule has 3 aliphatic rings. The van der Waals surface area contributed by atoms with Crippen molar-refractivity contribution < 1.29 is 62.3 Å². The molecule has 1 heterocycles. The molecule has 2 aliphatic carbocycles. The smallest absolute Gasteiger partial charge is 0.338 e. The van der Waals surface area contributed by atoms with E-state index in [0.717, 1.165) is 27.7 Å². The van der Waals surface area contributed by atoms with E-state index in [1.165, 1.54) is 32.9 Å². The van der Waals surface area contributed by atoms with E-state index in [1.807, 2.05) is 0 Å². The van der Waals surface area contributed by atoms with Crippen LogP contribution in [0.4, 0.5) is 0 Å². The van der Waals surface area contributed by atoms with Crippen molar-refractivity contribution in [3.8, 4) is 0 Å². The van der Waals surface area contributed by atoms with Gasteiger partial charge < -0.3 is 33.5 Å². The molecule has 13 nitrogen and oxygen atoms in total.